The maximum Gasteiger partial charge on any atom is 0.154 e. The normalized spacial score (nSPS) is 36.4. The summed E-state index contributed by atoms with van der Waals surface area (Å²) >= 11 is 3.37. The van der Waals surface area contributed by atoms with Crippen LogP contribution >= 0.6 is 15.9 Å². The summed E-state index contributed by atoms with van der Waals surface area (Å²) in [6.45, 7) is 0. The number of benzene rings is 1. The van der Waals surface area contributed by atoms with Gasteiger partial charge in [0.05, 0.1) is 31.2 Å². The Morgan fingerprint density at radius 1 is 1.10 bits per heavy atom. The Labute approximate surface area is 130 Å². The number of rotatable bonds is 2. The summed E-state index contributed by atoms with van der Waals surface area (Å²) in [5.41, 5.74) is 0.657. The number of ether oxygens (including phenoxy) is 2. The molecular weight excluding hydrogens is 336 g/mol. The number of Topliss-reactive ketones (excluding diaryl/α,β-unsaturated/α-hetero) is 2. The molecule has 1 saturated heterocycles. The standard InChI is InChI=1S/C16H13BrO4/c1-20-11-6-7(17)2-3-8(11)12-15(18)13-9-4-5-10(21-9)14(13)16(12)19/h2-6,9-10,12-14H,1H3. The summed E-state index contributed by atoms with van der Waals surface area (Å²) in [6.07, 6.45) is 3.34. The van der Waals surface area contributed by atoms with Gasteiger partial charge in [0.2, 0.25) is 0 Å². The van der Waals surface area contributed by atoms with Crippen molar-refractivity contribution in [1.82, 2.24) is 0 Å². The zero-order chi connectivity index (χ0) is 14.7. The van der Waals surface area contributed by atoms with Crippen LogP contribution in [0.3, 0.4) is 0 Å². The summed E-state index contributed by atoms with van der Waals surface area (Å²) in [5.74, 6) is -0.893. The van der Waals surface area contributed by atoms with Crippen LogP contribution in [0.25, 0.3) is 0 Å². The van der Waals surface area contributed by atoms with Gasteiger partial charge >= 0.3 is 0 Å². The van der Waals surface area contributed by atoms with E-state index < -0.39 is 5.92 Å². The van der Waals surface area contributed by atoms with Crippen molar-refractivity contribution >= 4 is 27.5 Å². The molecule has 4 nitrogen and oxygen atoms in total. The van der Waals surface area contributed by atoms with Crippen molar-refractivity contribution in [3.8, 4) is 5.75 Å². The smallest absolute Gasteiger partial charge is 0.154 e. The molecule has 21 heavy (non-hydrogen) atoms. The van der Waals surface area contributed by atoms with Crippen molar-refractivity contribution < 1.29 is 19.1 Å². The highest BCUT2D eigenvalue weighted by Gasteiger charge is 2.61. The molecule has 2 fully saturated rings. The minimum atomic E-state index is -0.725. The van der Waals surface area contributed by atoms with E-state index in [0.717, 1.165) is 4.47 Å². The molecule has 108 valence electrons. The minimum absolute atomic E-state index is 0.0394. The van der Waals surface area contributed by atoms with Crippen molar-refractivity contribution in [2.24, 2.45) is 11.8 Å². The highest BCUT2D eigenvalue weighted by atomic mass is 79.9. The Morgan fingerprint density at radius 2 is 1.71 bits per heavy atom. The van der Waals surface area contributed by atoms with Crippen molar-refractivity contribution in [2.75, 3.05) is 7.11 Å². The lowest BCUT2D eigenvalue weighted by atomic mass is 9.85. The van der Waals surface area contributed by atoms with Crippen LogP contribution in [0.1, 0.15) is 11.5 Å². The van der Waals surface area contributed by atoms with Crippen molar-refractivity contribution in [3.05, 3.63) is 40.4 Å². The molecule has 2 bridgehead atoms. The van der Waals surface area contributed by atoms with Gasteiger partial charge in [-0.25, -0.2) is 0 Å². The van der Waals surface area contributed by atoms with Crippen LogP contribution in [-0.4, -0.2) is 30.9 Å². The molecule has 0 N–H and O–H groups in total. The fourth-order valence-electron chi connectivity index (χ4n) is 3.74. The van der Waals surface area contributed by atoms with Gasteiger partial charge < -0.3 is 9.47 Å². The third kappa shape index (κ3) is 1.71. The van der Waals surface area contributed by atoms with Crippen LogP contribution in [0.5, 0.6) is 5.75 Å². The quantitative estimate of drug-likeness (QED) is 0.607. The van der Waals surface area contributed by atoms with Crippen LogP contribution in [0.2, 0.25) is 0 Å². The molecule has 2 aliphatic heterocycles. The van der Waals surface area contributed by atoms with Crippen molar-refractivity contribution in [1.29, 1.82) is 0 Å². The second kappa shape index (κ2) is 4.52. The molecule has 4 unspecified atom stereocenters. The number of ketones is 2. The molecule has 2 heterocycles. The zero-order valence-electron chi connectivity index (χ0n) is 11.3. The Morgan fingerprint density at radius 3 is 2.29 bits per heavy atom. The first kappa shape index (κ1) is 13.2. The van der Waals surface area contributed by atoms with Crippen LogP contribution in [0, 0.1) is 11.8 Å². The van der Waals surface area contributed by atoms with Crippen molar-refractivity contribution in [2.45, 2.75) is 18.1 Å². The molecule has 0 radical (unpaired) electrons. The summed E-state index contributed by atoms with van der Waals surface area (Å²) in [4.78, 5) is 25.5. The van der Waals surface area contributed by atoms with Gasteiger partial charge in [-0.3, -0.25) is 9.59 Å². The summed E-state index contributed by atoms with van der Waals surface area (Å²) in [7, 11) is 1.55. The van der Waals surface area contributed by atoms with E-state index in [1.54, 1.807) is 19.2 Å². The molecule has 1 aromatic rings. The third-order valence-electron chi connectivity index (χ3n) is 4.63. The molecule has 4 rings (SSSR count). The monoisotopic (exact) mass is 348 g/mol. The van der Waals surface area contributed by atoms with Gasteiger partial charge in [-0.1, -0.05) is 34.1 Å². The van der Waals surface area contributed by atoms with Crippen LogP contribution in [0.4, 0.5) is 0 Å². The first-order valence-electron chi connectivity index (χ1n) is 6.86. The van der Waals surface area contributed by atoms with E-state index in [4.69, 9.17) is 9.47 Å². The minimum Gasteiger partial charge on any atom is -0.496 e. The number of carbonyl (C=O) groups is 2. The fourth-order valence-corrected chi connectivity index (χ4v) is 4.08. The molecule has 4 atom stereocenters. The molecule has 1 saturated carbocycles. The molecule has 3 aliphatic rings. The largest absolute Gasteiger partial charge is 0.496 e. The molecule has 0 aromatic heterocycles. The molecule has 5 heteroatoms. The number of hydrogen-bond acceptors (Lipinski definition) is 4. The molecule has 0 amide bonds. The topological polar surface area (TPSA) is 52.6 Å². The SMILES string of the molecule is COc1cc(Br)ccc1C1C(=O)C2C3C=CC(O3)C2C1=O. The van der Waals surface area contributed by atoms with E-state index in [-0.39, 0.29) is 35.6 Å². The number of halogens is 1. The van der Waals surface area contributed by atoms with Crippen molar-refractivity contribution in [3.63, 3.8) is 0 Å². The maximum absolute atomic E-state index is 12.7. The lowest BCUT2D eigenvalue weighted by molar-refractivity contribution is -0.127. The van der Waals surface area contributed by atoms with Gasteiger partial charge in [0, 0.05) is 10.0 Å². The summed E-state index contributed by atoms with van der Waals surface area (Å²) in [5, 5.41) is 0. The van der Waals surface area contributed by atoms with E-state index in [9.17, 15) is 9.59 Å². The van der Waals surface area contributed by atoms with Gasteiger partial charge in [0.1, 0.15) is 11.7 Å². The Balaban J connectivity index is 1.78. The average molecular weight is 349 g/mol. The Hall–Kier alpha value is -1.46. The lowest BCUT2D eigenvalue weighted by Gasteiger charge is -2.15. The maximum atomic E-state index is 12.7. The Kier molecular flexibility index (Phi) is 2.84. The molecule has 1 aromatic carbocycles. The van der Waals surface area contributed by atoms with E-state index in [2.05, 4.69) is 15.9 Å². The van der Waals surface area contributed by atoms with Gasteiger partial charge in [-0.2, -0.15) is 0 Å². The number of hydrogen-bond donors (Lipinski definition) is 0. The van der Waals surface area contributed by atoms with E-state index in [1.165, 1.54) is 0 Å². The van der Waals surface area contributed by atoms with E-state index in [0.29, 0.717) is 11.3 Å². The van der Waals surface area contributed by atoms with Gasteiger partial charge in [0.25, 0.3) is 0 Å². The van der Waals surface area contributed by atoms with E-state index in [1.807, 2.05) is 18.2 Å². The number of carbonyl (C=O) groups excluding carboxylic acids is 2. The number of fused-ring (bicyclic) bond motifs is 5. The Bertz CT molecular complexity index is 651. The third-order valence-corrected chi connectivity index (χ3v) is 5.13. The summed E-state index contributed by atoms with van der Waals surface area (Å²) in [6, 6.07) is 5.41. The highest BCUT2D eigenvalue weighted by molar-refractivity contribution is 9.10. The first-order chi connectivity index (χ1) is 10.1. The zero-order valence-corrected chi connectivity index (χ0v) is 12.9. The second-order valence-electron chi connectivity index (χ2n) is 5.63. The average Bonchev–Trinajstić information content (AvgIpc) is 3.14. The van der Waals surface area contributed by atoms with Crippen LogP contribution in [-0.2, 0) is 14.3 Å². The fraction of sp³-hybridized carbons (Fsp3) is 0.375. The highest BCUT2D eigenvalue weighted by Crippen LogP contribution is 2.50. The van der Waals surface area contributed by atoms with Gasteiger partial charge in [-0.15, -0.1) is 0 Å². The van der Waals surface area contributed by atoms with E-state index >= 15 is 0 Å². The van der Waals surface area contributed by atoms with Gasteiger partial charge in [-0.05, 0) is 12.1 Å². The predicted molar refractivity (Wildman–Crippen MR) is 78.2 cm³/mol. The number of methoxy groups -OCH3 is 1. The first-order valence-corrected chi connectivity index (χ1v) is 7.66. The van der Waals surface area contributed by atoms with Crippen LogP contribution in [0.15, 0.2) is 34.8 Å². The summed E-state index contributed by atoms with van der Waals surface area (Å²) < 4.78 is 11.8. The molecule has 0 spiro atoms. The van der Waals surface area contributed by atoms with Crippen LogP contribution < -0.4 is 4.74 Å². The predicted octanol–water partition coefficient (Wildman–Crippen LogP) is 2.26. The molecule has 1 aliphatic carbocycles. The molecular formula is C16H13BrO4. The van der Waals surface area contributed by atoms with Gasteiger partial charge in [0.15, 0.2) is 11.6 Å². The lowest BCUT2D eigenvalue weighted by Crippen LogP contribution is -2.26. The second-order valence-corrected chi connectivity index (χ2v) is 6.54.